The molecule has 2 rings (SSSR count). The lowest BCUT2D eigenvalue weighted by atomic mass is 10.0. The number of Topliss-reactive ketones (excluding diaryl/α,β-unsaturated/α-hetero) is 1. The molecule has 1 aliphatic heterocycles. The minimum Gasteiger partial charge on any atom is -0.325 e. The van der Waals surface area contributed by atoms with Crippen LogP contribution in [0.25, 0.3) is 0 Å². The Morgan fingerprint density at radius 1 is 1.40 bits per heavy atom. The molecule has 1 atom stereocenters. The summed E-state index contributed by atoms with van der Waals surface area (Å²) >= 11 is 0. The highest BCUT2D eigenvalue weighted by molar-refractivity contribution is 6.11. The van der Waals surface area contributed by atoms with E-state index in [-0.39, 0.29) is 17.9 Å². The minimum absolute atomic E-state index is 0.0743. The first kappa shape index (κ1) is 9.79. The number of halogens is 1. The first-order valence-electron chi connectivity index (χ1n) is 4.47. The van der Waals surface area contributed by atoms with E-state index in [1.54, 1.807) is 0 Å². The Labute approximate surface area is 85.3 Å². The van der Waals surface area contributed by atoms with Crippen LogP contribution in [0.2, 0.25) is 0 Å². The number of carbonyl (C=O) groups is 2. The predicted molar refractivity (Wildman–Crippen MR) is 52.0 cm³/mol. The van der Waals surface area contributed by atoms with Crippen molar-refractivity contribution in [1.82, 2.24) is 0 Å². The van der Waals surface area contributed by atoms with Gasteiger partial charge in [-0.2, -0.15) is 0 Å². The maximum Gasteiger partial charge on any atom is 0.226 e. The van der Waals surface area contributed by atoms with E-state index in [0.29, 0.717) is 5.69 Å². The van der Waals surface area contributed by atoms with Crippen molar-refractivity contribution in [3.63, 3.8) is 0 Å². The molecule has 1 aliphatic rings. The fraction of sp³-hybridized carbons (Fsp3) is 0.200. The molecule has 0 aromatic heterocycles. The average molecular weight is 208 g/mol. The van der Waals surface area contributed by atoms with Crippen LogP contribution in [0, 0.1) is 5.82 Å². The number of ketones is 1. The van der Waals surface area contributed by atoms with Crippen LogP contribution in [0.5, 0.6) is 0 Å². The lowest BCUT2D eigenvalue weighted by Crippen LogP contribution is -2.31. The summed E-state index contributed by atoms with van der Waals surface area (Å²) in [6.07, 6.45) is -0.0743. The van der Waals surface area contributed by atoms with Gasteiger partial charge >= 0.3 is 0 Å². The number of nitrogens with two attached hydrogens (primary N) is 1. The summed E-state index contributed by atoms with van der Waals surface area (Å²) in [7, 11) is 0. The fourth-order valence-electron chi connectivity index (χ4n) is 1.52. The first-order valence-corrected chi connectivity index (χ1v) is 4.47. The second-order valence-corrected chi connectivity index (χ2v) is 3.41. The van der Waals surface area contributed by atoms with Gasteiger partial charge in [-0.25, -0.2) is 4.39 Å². The summed E-state index contributed by atoms with van der Waals surface area (Å²) in [6.45, 7) is 0. The molecule has 1 unspecified atom stereocenters. The third kappa shape index (κ3) is 1.73. The number of rotatable bonds is 0. The number of benzene rings is 1. The van der Waals surface area contributed by atoms with Gasteiger partial charge in [-0.1, -0.05) is 0 Å². The molecule has 0 aliphatic carbocycles. The van der Waals surface area contributed by atoms with Gasteiger partial charge in [0.2, 0.25) is 5.91 Å². The van der Waals surface area contributed by atoms with E-state index >= 15 is 0 Å². The lowest BCUT2D eigenvalue weighted by molar-refractivity contribution is -0.116. The summed E-state index contributed by atoms with van der Waals surface area (Å²) in [5.74, 6) is -1.27. The number of nitrogens with one attached hydrogen (secondary N) is 1. The van der Waals surface area contributed by atoms with Crippen LogP contribution in [0.15, 0.2) is 18.2 Å². The molecule has 78 valence electrons. The number of hydrogen-bond donors (Lipinski definition) is 2. The topological polar surface area (TPSA) is 72.2 Å². The molecule has 15 heavy (non-hydrogen) atoms. The summed E-state index contributed by atoms with van der Waals surface area (Å²) in [5, 5.41) is 2.50. The van der Waals surface area contributed by atoms with Crippen LogP contribution >= 0.6 is 0 Å². The summed E-state index contributed by atoms with van der Waals surface area (Å²) in [6, 6.07) is 2.73. The normalized spacial score (nSPS) is 20.5. The zero-order chi connectivity index (χ0) is 11.0. The average Bonchev–Trinajstić information content (AvgIpc) is 2.27. The van der Waals surface area contributed by atoms with E-state index in [0.717, 1.165) is 6.07 Å². The van der Waals surface area contributed by atoms with Gasteiger partial charge in [-0.15, -0.1) is 0 Å². The number of amides is 1. The first-order chi connectivity index (χ1) is 7.08. The van der Waals surface area contributed by atoms with Crippen molar-refractivity contribution in [3.8, 4) is 0 Å². The second kappa shape index (κ2) is 3.43. The van der Waals surface area contributed by atoms with Gasteiger partial charge in [-0.05, 0) is 18.2 Å². The molecule has 0 bridgehead atoms. The van der Waals surface area contributed by atoms with E-state index < -0.39 is 17.6 Å². The van der Waals surface area contributed by atoms with Gasteiger partial charge < -0.3 is 11.1 Å². The number of anilines is 1. The Bertz CT molecular complexity index is 445. The molecule has 5 heteroatoms. The van der Waals surface area contributed by atoms with Crippen molar-refractivity contribution < 1.29 is 14.0 Å². The van der Waals surface area contributed by atoms with Crippen molar-refractivity contribution in [2.45, 2.75) is 12.5 Å². The Balaban J connectivity index is 2.55. The molecule has 3 N–H and O–H groups in total. The highest BCUT2D eigenvalue weighted by Crippen LogP contribution is 2.22. The zero-order valence-electron chi connectivity index (χ0n) is 7.79. The van der Waals surface area contributed by atoms with Crippen LogP contribution in [0.3, 0.4) is 0 Å². The monoisotopic (exact) mass is 208 g/mol. The third-order valence-corrected chi connectivity index (χ3v) is 2.26. The maximum absolute atomic E-state index is 12.9. The highest BCUT2D eigenvalue weighted by Gasteiger charge is 2.26. The molecule has 1 heterocycles. The van der Waals surface area contributed by atoms with Crippen LogP contribution in [-0.2, 0) is 4.79 Å². The highest BCUT2D eigenvalue weighted by atomic mass is 19.1. The van der Waals surface area contributed by atoms with E-state index in [4.69, 9.17) is 5.73 Å². The Kier molecular flexibility index (Phi) is 2.24. The van der Waals surface area contributed by atoms with Gasteiger partial charge in [0.1, 0.15) is 5.82 Å². The van der Waals surface area contributed by atoms with E-state index in [1.165, 1.54) is 12.1 Å². The quantitative estimate of drug-likeness (QED) is 0.658. The Hall–Kier alpha value is -1.75. The predicted octanol–water partition coefficient (Wildman–Crippen LogP) is 0.678. The van der Waals surface area contributed by atoms with Crippen LogP contribution < -0.4 is 11.1 Å². The fourth-order valence-corrected chi connectivity index (χ4v) is 1.52. The number of hydrogen-bond acceptors (Lipinski definition) is 3. The molecule has 0 saturated heterocycles. The standard InChI is InChI=1S/C10H9FN2O2/c11-5-1-2-8-6(3-5)10(15)7(12)4-9(14)13-8/h1-3,7H,4,12H2,(H,13,14). The Morgan fingerprint density at radius 2 is 2.13 bits per heavy atom. The second-order valence-electron chi connectivity index (χ2n) is 3.41. The van der Waals surface area contributed by atoms with Crippen molar-refractivity contribution in [2.24, 2.45) is 5.73 Å². The summed E-state index contributed by atoms with van der Waals surface area (Å²) < 4.78 is 12.9. The van der Waals surface area contributed by atoms with Gasteiger partial charge in [0, 0.05) is 12.0 Å². The van der Waals surface area contributed by atoms with Gasteiger partial charge in [0.05, 0.1) is 11.7 Å². The molecule has 0 fully saturated rings. The molecule has 0 saturated carbocycles. The molecule has 4 nitrogen and oxygen atoms in total. The van der Waals surface area contributed by atoms with E-state index in [9.17, 15) is 14.0 Å². The third-order valence-electron chi connectivity index (χ3n) is 2.26. The largest absolute Gasteiger partial charge is 0.325 e. The van der Waals surface area contributed by atoms with E-state index in [2.05, 4.69) is 5.32 Å². The minimum atomic E-state index is -0.895. The van der Waals surface area contributed by atoms with Gasteiger partial charge in [0.25, 0.3) is 0 Å². The van der Waals surface area contributed by atoms with Crippen molar-refractivity contribution in [2.75, 3.05) is 5.32 Å². The number of carbonyl (C=O) groups excluding carboxylic acids is 2. The number of fused-ring (bicyclic) bond motifs is 1. The molecule has 1 aromatic carbocycles. The van der Waals surface area contributed by atoms with Crippen LogP contribution in [0.4, 0.5) is 10.1 Å². The van der Waals surface area contributed by atoms with E-state index in [1.807, 2.05) is 0 Å². The molecular formula is C10H9FN2O2. The molecule has 0 spiro atoms. The molecular weight excluding hydrogens is 199 g/mol. The van der Waals surface area contributed by atoms with Crippen molar-refractivity contribution in [3.05, 3.63) is 29.6 Å². The maximum atomic E-state index is 12.9. The molecule has 0 radical (unpaired) electrons. The van der Waals surface area contributed by atoms with Gasteiger partial charge in [-0.3, -0.25) is 9.59 Å². The zero-order valence-corrected chi connectivity index (χ0v) is 7.79. The van der Waals surface area contributed by atoms with Crippen molar-refractivity contribution >= 4 is 17.4 Å². The molecule has 1 amide bonds. The van der Waals surface area contributed by atoms with Crippen LogP contribution in [-0.4, -0.2) is 17.7 Å². The molecule has 1 aromatic rings. The van der Waals surface area contributed by atoms with Gasteiger partial charge in [0.15, 0.2) is 5.78 Å². The van der Waals surface area contributed by atoms with Crippen LogP contribution in [0.1, 0.15) is 16.8 Å². The summed E-state index contributed by atoms with van der Waals surface area (Å²) in [5.41, 5.74) is 5.95. The Morgan fingerprint density at radius 3 is 2.87 bits per heavy atom. The summed E-state index contributed by atoms with van der Waals surface area (Å²) in [4.78, 5) is 22.9. The smallest absolute Gasteiger partial charge is 0.226 e. The van der Waals surface area contributed by atoms with Crippen molar-refractivity contribution in [1.29, 1.82) is 0 Å². The SMILES string of the molecule is NC1CC(=O)Nc2ccc(F)cc2C1=O. The lowest BCUT2D eigenvalue weighted by Gasteiger charge is -2.05.